The van der Waals surface area contributed by atoms with Crippen molar-refractivity contribution in [2.24, 2.45) is 0 Å². The molecule has 0 bridgehead atoms. The molecule has 0 aliphatic heterocycles. The topological polar surface area (TPSA) is 88.1 Å². The smallest absolute Gasteiger partial charge is 0.322 e. The monoisotopic (exact) mass is 345 g/mol. The van der Waals surface area contributed by atoms with E-state index in [0.29, 0.717) is 24.0 Å². The first-order chi connectivity index (χ1) is 12.0. The van der Waals surface area contributed by atoms with E-state index in [9.17, 15) is 0 Å². The molecule has 2 aromatic heterocycles. The van der Waals surface area contributed by atoms with E-state index in [0.717, 1.165) is 18.8 Å². The van der Waals surface area contributed by atoms with Gasteiger partial charge in [-0.25, -0.2) is 0 Å². The van der Waals surface area contributed by atoms with Gasteiger partial charge in [-0.2, -0.15) is 15.0 Å². The second kappa shape index (κ2) is 9.12. The lowest BCUT2D eigenvalue weighted by molar-refractivity contribution is 0.182. The minimum atomic E-state index is 0.258. The highest BCUT2D eigenvalue weighted by atomic mass is 16.5. The van der Waals surface area contributed by atoms with Crippen molar-refractivity contribution < 1.29 is 4.74 Å². The average molecular weight is 345 g/mol. The van der Waals surface area contributed by atoms with Crippen molar-refractivity contribution in [3.05, 3.63) is 24.5 Å². The largest absolute Gasteiger partial charge is 0.467 e. The molecular formula is C17H27N7O. The van der Waals surface area contributed by atoms with Crippen LogP contribution in [0.4, 0.5) is 17.6 Å². The van der Waals surface area contributed by atoms with Gasteiger partial charge in [0.05, 0.1) is 19.0 Å². The van der Waals surface area contributed by atoms with E-state index >= 15 is 0 Å². The Kier molecular flexibility index (Phi) is 6.88. The molecule has 2 heterocycles. The zero-order valence-corrected chi connectivity index (χ0v) is 15.5. The lowest BCUT2D eigenvalue weighted by Crippen LogP contribution is -2.40. The fourth-order valence-electron chi connectivity index (χ4n) is 2.56. The summed E-state index contributed by atoms with van der Waals surface area (Å²) in [7, 11) is 1.53. The van der Waals surface area contributed by atoms with Gasteiger partial charge in [0.25, 0.3) is 0 Å². The second-order valence-electron chi connectivity index (χ2n) is 6.19. The molecule has 0 fully saturated rings. The Morgan fingerprint density at radius 1 is 1.08 bits per heavy atom. The van der Waals surface area contributed by atoms with Gasteiger partial charge in [-0.05, 0) is 39.8 Å². The van der Waals surface area contributed by atoms with E-state index in [4.69, 9.17) is 4.74 Å². The quantitative estimate of drug-likeness (QED) is 0.717. The fourth-order valence-corrected chi connectivity index (χ4v) is 2.56. The van der Waals surface area contributed by atoms with Crippen LogP contribution in [0.2, 0.25) is 0 Å². The molecule has 136 valence electrons. The number of nitrogens with one attached hydrogen (secondary N) is 2. The van der Waals surface area contributed by atoms with Crippen molar-refractivity contribution in [3.8, 4) is 6.01 Å². The Labute approximate surface area is 149 Å². The van der Waals surface area contributed by atoms with Gasteiger partial charge < -0.3 is 15.4 Å². The normalized spacial score (nSPS) is 11.2. The number of pyridine rings is 1. The lowest BCUT2D eigenvalue weighted by Gasteiger charge is -2.30. The van der Waals surface area contributed by atoms with Gasteiger partial charge in [0.15, 0.2) is 0 Å². The number of hydrogen-bond acceptors (Lipinski definition) is 8. The van der Waals surface area contributed by atoms with Crippen LogP contribution in [0.3, 0.4) is 0 Å². The summed E-state index contributed by atoms with van der Waals surface area (Å²) in [5.41, 5.74) is 0.799. The van der Waals surface area contributed by atoms with Crippen LogP contribution in [0.15, 0.2) is 24.5 Å². The van der Waals surface area contributed by atoms with Crippen molar-refractivity contribution >= 4 is 17.6 Å². The van der Waals surface area contributed by atoms with Crippen molar-refractivity contribution in [1.29, 1.82) is 0 Å². The van der Waals surface area contributed by atoms with Crippen LogP contribution in [0.1, 0.15) is 27.7 Å². The first-order valence-corrected chi connectivity index (χ1v) is 8.46. The van der Waals surface area contributed by atoms with Gasteiger partial charge in [0.2, 0.25) is 11.9 Å². The summed E-state index contributed by atoms with van der Waals surface area (Å²) >= 11 is 0. The molecular weight excluding hydrogens is 318 g/mol. The number of rotatable bonds is 9. The summed E-state index contributed by atoms with van der Waals surface area (Å²) in [4.78, 5) is 19.3. The van der Waals surface area contributed by atoms with Gasteiger partial charge in [-0.3, -0.25) is 9.88 Å². The lowest BCUT2D eigenvalue weighted by atomic mass is 10.2. The van der Waals surface area contributed by atoms with Gasteiger partial charge in [0.1, 0.15) is 0 Å². The van der Waals surface area contributed by atoms with Crippen LogP contribution >= 0.6 is 0 Å². The Hall–Kier alpha value is -2.48. The first kappa shape index (κ1) is 18.9. The molecule has 0 unspecified atom stereocenters. The third-order valence-electron chi connectivity index (χ3n) is 3.69. The summed E-state index contributed by atoms with van der Waals surface area (Å²) in [5, 5.41) is 6.35. The molecule has 0 radical (unpaired) electrons. The van der Waals surface area contributed by atoms with Crippen molar-refractivity contribution in [1.82, 2.24) is 24.8 Å². The molecule has 0 saturated carbocycles. The predicted molar refractivity (Wildman–Crippen MR) is 99.4 cm³/mol. The molecule has 2 N–H and O–H groups in total. The first-order valence-electron chi connectivity index (χ1n) is 8.46. The van der Waals surface area contributed by atoms with Crippen molar-refractivity contribution in [2.75, 3.05) is 30.8 Å². The molecule has 8 nitrogen and oxygen atoms in total. The van der Waals surface area contributed by atoms with E-state index in [1.165, 1.54) is 7.11 Å². The molecule has 2 aromatic rings. The highest BCUT2D eigenvalue weighted by Gasteiger charge is 2.13. The minimum Gasteiger partial charge on any atom is -0.467 e. The van der Waals surface area contributed by atoms with Crippen LogP contribution in [-0.2, 0) is 0 Å². The van der Waals surface area contributed by atoms with E-state index in [2.05, 4.69) is 63.2 Å². The van der Waals surface area contributed by atoms with E-state index < -0.39 is 0 Å². The molecule has 0 atom stereocenters. The third-order valence-corrected chi connectivity index (χ3v) is 3.69. The van der Waals surface area contributed by atoms with Crippen LogP contribution in [0.25, 0.3) is 0 Å². The minimum absolute atomic E-state index is 0.258. The highest BCUT2D eigenvalue weighted by molar-refractivity contribution is 5.52. The molecule has 0 saturated heterocycles. The van der Waals surface area contributed by atoms with Crippen LogP contribution in [0, 0.1) is 0 Å². The second-order valence-corrected chi connectivity index (χ2v) is 6.19. The maximum atomic E-state index is 5.17. The summed E-state index contributed by atoms with van der Waals surface area (Å²) in [5.74, 6) is 0.887. The molecule has 0 spiro atoms. The maximum Gasteiger partial charge on any atom is 0.322 e. The number of nitrogens with zero attached hydrogens (tertiary/aromatic N) is 5. The maximum absolute atomic E-state index is 5.17. The van der Waals surface area contributed by atoms with Crippen LogP contribution in [0.5, 0.6) is 6.01 Å². The molecule has 2 rings (SSSR count). The van der Waals surface area contributed by atoms with Crippen LogP contribution in [-0.4, -0.2) is 57.1 Å². The van der Waals surface area contributed by atoms with Gasteiger partial charge in [-0.1, -0.05) is 0 Å². The molecule has 0 amide bonds. The van der Waals surface area contributed by atoms with Crippen molar-refractivity contribution in [3.63, 3.8) is 0 Å². The van der Waals surface area contributed by atoms with E-state index in [1.54, 1.807) is 12.4 Å². The van der Waals surface area contributed by atoms with Gasteiger partial charge in [0, 0.05) is 31.4 Å². The third kappa shape index (κ3) is 5.82. The molecule has 8 heteroatoms. The highest BCUT2D eigenvalue weighted by Crippen LogP contribution is 2.15. The fraction of sp³-hybridized carbons (Fsp3) is 0.529. The number of aromatic nitrogens is 4. The number of ether oxygens (including phenoxy) is 1. The molecule has 0 aliphatic rings. The summed E-state index contributed by atoms with van der Waals surface area (Å²) < 4.78 is 5.17. The number of anilines is 3. The Bertz CT molecular complexity index is 641. The molecule has 0 aromatic carbocycles. The van der Waals surface area contributed by atoms with E-state index in [-0.39, 0.29) is 6.01 Å². The average Bonchev–Trinajstić information content (AvgIpc) is 2.58. The van der Waals surface area contributed by atoms with Crippen LogP contribution < -0.4 is 15.4 Å². The summed E-state index contributed by atoms with van der Waals surface area (Å²) in [6.07, 6.45) is 3.41. The predicted octanol–water partition coefficient (Wildman–Crippen LogP) is 2.55. The SMILES string of the molecule is COc1nc(NCCN(C(C)C)C(C)C)nc(Nc2cccnc2)n1. The van der Waals surface area contributed by atoms with E-state index in [1.807, 2.05) is 12.1 Å². The molecule has 25 heavy (non-hydrogen) atoms. The Morgan fingerprint density at radius 2 is 1.80 bits per heavy atom. The summed E-state index contributed by atoms with van der Waals surface area (Å²) in [6, 6.07) is 4.95. The standard InChI is InChI=1S/C17H27N7O/c1-12(2)24(13(3)4)10-9-19-15-21-16(23-17(22-15)25-5)20-14-7-6-8-18-11-14/h6-8,11-13H,9-10H2,1-5H3,(H2,19,20,21,22,23). The number of hydrogen-bond donors (Lipinski definition) is 2. The molecule has 0 aliphatic carbocycles. The zero-order valence-electron chi connectivity index (χ0n) is 15.5. The zero-order chi connectivity index (χ0) is 18.2. The Balaban J connectivity index is 2.03. The summed E-state index contributed by atoms with van der Waals surface area (Å²) in [6.45, 7) is 10.4. The van der Waals surface area contributed by atoms with Gasteiger partial charge >= 0.3 is 6.01 Å². The van der Waals surface area contributed by atoms with Gasteiger partial charge in [-0.15, -0.1) is 0 Å². The van der Waals surface area contributed by atoms with Crippen molar-refractivity contribution in [2.45, 2.75) is 39.8 Å². The Morgan fingerprint density at radius 3 is 2.40 bits per heavy atom. The number of methoxy groups -OCH3 is 1.